The van der Waals surface area contributed by atoms with Crippen molar-refractivity contribution < 1.29 is 19.4 Å². The van der Waals surface area contributed by atoms with Crippen LogP contribution in [-0.4, -0.2) is 28.5 Å². The van der Waals surface area contributed by atoms with Crippen LogP contribution in [0.25, 0.3) is 0 Å². The number of aromatic carboxylic acids is 1. The summed E-state index contributed by atoms with van der Waals surface area (Å²) in [4.78, 5) is 10.6. The summed E-state index contributed by atoms with van der Waals surface area (Å²) in [7, 11) is 0. The van der Waals surface area contributed by atoms with Gasteiger partial charge >= 0.3 is 5.97 Å². The third-order valence-electron chi connectivity index (χ3n) is 2.18. The SMILES string of the molecule is CC(CO)CSC(C)c1ccc(C(=O)O)o1. The number of aliphatic hydroxyl groups excluding tert-OH is 1. The van der Waals surface area contributed by atoms with Crippen molar-refractivity contribution >= 4 is 17.7 Å². The number of hydrogen-bond donors (Lipinski definition) is 2. The van der Waals surface area contributed by atoms with Crippen LogP contribution in [0.4, 0.5) is 0 Å². The predicted molar refractivity (Wildman–Crippen MR) is 62.8 cm³/mol. The van der Waals surface area contributed by atoms with Gasteiger partial charge in [0.2, 0.25) is 5.76 Å². The van der Waals surface area contributed by atoms with Crippen molar-refractivity contribution in [3.63, 3.8) is 0 Å². The molecule has 2 atom stereocenters. The highest BCUT2D eigenvalue weighted by Gasteiger charge is 2.15. The molecular formula is C11H16O4S. The molecule has 4 nitrogen and oxygen atoms in total. The van der Waals surface area contributed by atoms with Gasteiger partial charge in [0, 0.05) is 6.61 Å². The molecule has 0 aliphatic rings. The van der Waals surface area contributed by atoms with Crippen LogP contribution < -0.4 is 0 Å². The molecule has 1 rings (SSSR count). The molecule has 0 amide bonds. The topological polar surface area (TPSA) is 70.7 Å². The standard InChI is InChI=1S/C11H16O4S/c1-7(5-12)6-16-8(2)9-3-4-10(15-9)11(13)14/h3-4,7-8,12H,5-6H2,1-2H3,(H,13,14). The lowest BCUT2D eigenvalue weighted by molar-refractivity contribution is 0.0660. The summed E-state index contributed by atoms with van der Waals surface area (Å²) in [5.41, 5.74) is 0. The molecular weight excluding hydrogens is 228 g/mol. The number of hydrogen-bond acceptors (Lipinski definition) is 4. The molecule has 2 unspecified atom stereocenters. The van der Waals surface area contributed by atoms with Gasteiger partial charge < -0.3 is 14.6 Å². The largest absolute Gasteiger partial charge is 0.475 e. The van der Waals surface area contributed by atoms with Crippen LogP contribution in [0.3, 0.4) is 0 Å². The zero-order chi connectivity index (χ0) is 12.1. The smallest absolute Gasteiger partial charge is 0.371 e. The second kappa shape index (κ2) is 5.96. The second-order valence-corrected chi connectivity index (χ2v) is 5.14. The average molecular weight is 244 g/mol. The van der Waals surface area contributed by atoms with Gasteiger partial charge in [-0.1, -0.05) is 6.92 Å². The molecule has 0 spiro atoms. The first-order valence-corrected chi connectivity index (χ1v) is 6.15. The van der Waals surface area contributed by atoms with Crippen LogP contribution >= 0.6 is 11.8 Å². The minimum absolute atomic E-state index is 0.0299. The van der Waals surface area contributed by atoms with E-state index in [1.165, 1.54) is 6.07 Å². The van der Waals surface area contributed by atoms with E-state index in [0.717, 1.165) is 5.75 Å². The third-order valence-corrected chi connectivity index (χ3v) is 3.67. The van der Waals surface area contributed by atoms with Crippen LogP contribution in [0.15, 0.2) is 16.5 Å². The van der Waals surface area contributed by atoms with Crippen LogP contribution in [0, 0.1) is 5.92 Å². The Bertz CT molecular complexity index is 348. The van der Waals surface area contributed by atoms with Gasteiger partial charge in [-0.3, -0.25) is 0 Å². The summed E-state index contributed by atoms with van der Waals surface area (Å²) in [6.07, 6.45) is 0. The van der Waals surface area contributed by atoms with Crippen molar-refractivity contribution in [1.29, 1.82) is 0 Å². The Morgan fingerprint density at radius 1 is 1.50 bits per heavy atom. The van der Waals surface area contributed by atoms with Gasteiger partial charge in [-0.25, -0.2) is 4.79 Å². The van der Waals surface area contributed by atoms with Crippen molar-refractivity contribution in [3.05, 3.63) is 23.7 Å². The van der Waals surface area contributed by atoms with Crippen LogP contribution in [-0.2, 0) is 0 Å². The number of rotatable bonds is 6. The van der Waals surface area contributed by atoms with Crippen LogP contribution in [0.5, 0.6) is 0 Å². The average Bonchev–Trinajstić information content (AvgIpc) is 2.74. The van der Waals surface area contributed by atoms with Crippen molar-refractivity contribution in [1.82, 2.24) is 0 Å². The Hall–Kier alpha value is -0.940. The lowest BCUT2D eigenvalue weighted by Crippen LogP contribution is -2.04. The maximum absolute atomic E-state index is 10.6. The summed E-state index contributed by atoms with van der Waals surface area (Å²) >= 11 is 1.64. The third kappa shape index (κ3) is 3.57. The molecule has 0 bridgehead atoms. The molecule has 90 valence electrons. The first-order valence-electron chi connectivity index (χ1n) is 5.10. The van der Waals surface area contributed by atoms with Gasteiger partial charge in [-0.2, -0.15) is 11.8 Å². The highest BCUT2D eigenvalue weighted by Crippen LogP contribution is 2.30. The molecule has 0 saturated carbocycles. The number of furan rings is 1. The van der Waals surface area contributed by atoms with Crippen molar-refractivity contribution in [2.75, 3.05) is 12.4 Å². The molecule has 1 heterocycles. The van der Waals surface area contributed by atoms with E-state index in [4.69, 9.17) is 14.6 Å². The molecule has 0 aromatic carbocycles. The zero-order valence-corrected chi connectivity index (χ0v) is 10.2. The van der Waals surface area contributed by atoms with Crippen molar-refractivity contribution in [2.24, 2.45) is 5.92 Å². The summed E-state index contributed by atoms with van der Waals surface area (Å²) in [6, 6.07) is 3.15. The minimum Gasteiger partial charge on any atom is -0.475 e. The first-order chi connectivity index (χ1) is 7.54. The molecule has 5 heteroatoms. The molecule has 0 aliphatic carbocycles. The van der Waals surface area contributed by atoms with E-state index in [-0.39, 0.29) is 23.5 Å². The molecule has 1 aromatic rings. The Kier molecular flexibility index (Phi) is 4.89. The van der Waals surface area contributed by atoms with Crippen LogP contribution in [0.2, 0.25) is 0 Å². The fraction of sp³-hybridized carbons (Fsp3) is 0.545. The fourth-order valence-electron chi connectivity index (χ4n) is 1.13. The summed E-state index contributed by atoms with van der Waals surface area (Å²) < 4.78 is 5.19. The molecule has 1 aromatic heterocycles. The fourth-order valence-corrected chi connectivity index (χ4v) is 2.14. The van der Waals surface area contributed by atoms with E-state index < -0.39 is 5.97 Å². The molecule has 16 heavy (non-hydrogen) atoms. The Morgan fingerprint density at radius 3 is 2.69 bits per heavy atom. The Labute approximate surface area is 98.7 Å². The Balaban J connectivity index is 2.52. The number of carboxylic acids is 1. The van der Waals surface area contributed by atoms with Gasteiger partial charge in [-0.05, 0) is 30.7 Å². The van der Waals surface area contributed by atoms with Gasteiger partial charge in [0.05, 0.1) is 5.25 Å². The number of thioether (sulfide) groups is 1. The summed E-state index contributed by atoms with van der Waals surface area (Å²) in [5, 5.41) is 17.7. The van der Waals surface area contributed by atoms with E-state index in [1.807, 2.05) is 13.8 Å². The lowest BCUT2D eigenvalue weighted by Gasteiger charge is -2.11. The molecule has 0 fully saturated rings. The summed E-state index contributed by atoms with van der Waals surface area (Å²) in [5.74, 6) is 0.638. The quantitative estimate of drug-likeness (QED) is 0.804. The molecule has 0 aliphatic heterocycles. The van der Waals surface area contributed by atoms with Gasteiger partial charge in [0.15, 0.2) is 0 Å². The predicted octanol–water partition coefficient (Wildman–Crippen LogP) is 2.40. The van der Waals surface area contributed by atoms with Crippen LogP contribution in [0.1, 0.15) is 35.4 Å². The molecule has 0 radical (unpaired) electrons. The maximum atomic E-state index is 10.6. The second-order valence-electron chi connectivity index (χ2n) is 3.77. The van der Waals surface area contributed by atoms with E-state index >= 15 is 0 Å². The number of aliphatic hydroxyl groups is 1. The number of carboxylic acid groups (broad SMARTS) is 1. The maximum Gasteiger partial charge on any atom is 0.371 e. The van der Waals surface area contributed by atoms with Crippen molar-refractivity contribution in [3.8, 4) is 0 Å². The minimum atomic E-state index is -1.05. The van der Waals surface area contributed by atoms with E-state index in [2.05, 4.69) is 0 Å². The molecule has 0 saturated heterocycles. The highest BCUT2D eigenvalue weighted by atomic mass is 32.2. The van der Waals surface area contributed by atoms with E-state index in [0.29, 0.717) is 5.76 Å². The zero-order valence-electron chi connectivity index (χ0n) is 9.34. The first kappa shape index (κ1) is 13.1. The Morgan fingerprint density at radius 2 is 2.19 bits per heavy atom. The van der Waals surface area contributed by atoms with Gasteiger partial charge in [-0.15, -0.1) is 0 Å². The monoisotopic (exact) mass is 244 g/mol. The van der Waals surface area contributed by atoms with Gasteiger partial charge in [0.1, 0.15) is 5.76 Å². The van der Waals surface area contributed by atoms with E-state index in [1.54, 1.807) is 17.8 Å². The van der Waals surface area contributed by atoms with E-state index in [9.17, 15) is 4.79 Å². The highest BCUT2D eigenvalue weighted by molar-refractivity contribution is 7.99. The summed E-state index contributed by atoms with van der Waals surface area (Å²) in [6.45, 7) is 4.09. The number of carbonyl (C=O) groups is 1. The van der Waals surface area contributed by atoms with Crippen molar-refractivity contribution in [2.45, 2.75) is 19.1 Å². The normalized spacial score (nSPS) is 14.7. The molecule has 2 N–H and O–H groups in total. The lowest BCUT2D eigenvalue weighted by atomic mass is 10.2. The van der Waals surface area contributed by atoms with Gasteiger partial charge in [0.25, 0.3) is 0 Å².